The zero-order chi connectivity index (χ0) is 29.5. The molecular weight excluding hydrogens is 562 g/mol. The van der Waals surface area contributed by atoms with Crippen LogP contribution in [0.15, 0.2) is 69.9 Å². The number of carbonyl (C=O) groups is 1. The molecule has 1 N–H and O–H groups in total. The Morgan fingerprint density at radius 3 is 2.53 bits per heavy atom. The van der Waals surface area contributed by atoms with E-state index in [4.69, 9.17) is 13.9 Å². The highest BCUT2D eigenvalue weighted by Gasteiger charge is 2.24. The second kappa shape index (κ2) is 11.7. The monoisotopic (exact) mass is 597 g/mol. The van der Waals surface area contributed by atoms with E-state index in [0.717, 1.165) is 50.1 Å². The maximum absolute atomic E-state index is 13.2. The molecule has 8 nitrogen and oxygen atoms in total. The molecule has 0 bridgehead atoms. The molecular formula is C34H35N3O5S. The average Bonchev–Trinajstić information content (AvgIpc) is 3.40. The van der Waals surface area contributed by atoms with Crippen molar-refractivity contribution >= 4 is 60.0 Å². The quantitative estimate of drug-likeness (QED) is 0.253. The minimum absolute atomic E-state index is 0.0116. The van der Waals surface area contributed by atoms with E-state index >= 15 is 0 Å². The molecule has 0 radical (unpaired) electrons. The Morgan fingerprint density at radius 2 is 1.72 bits per heavy atom. The number of para-hydroxylation sites is 1. The maximum atomic E-state index is 13.2. The number of hydrogen-bond acceptors (Lipinski definition) is 8. The van der Waals surface area contributed by atoms with Gasteiger partial charge in [0.15, 0.2) is 11.3 Å². The maximum Gasteiger partial charge on any atom is 0.225 e. The molecule has 43 heavy (non-hydrogen) atoms. The van der Waals surface area contributed by atoms with Gasteiger partial charge in [0, 0.05) is 76.5 Å². The third kappa shape index (κ3) is 5.54. The van der Waals surface area contributed by atoms with E-state index in [1.807, 2.05) is 42.5 Å². The van der Waals surface area contributed by atoms with Gasteiger partial charge < -0.3 is 24.1 Å². The first kappa shape index (κ1) is 28.0. The molecule has 222 valence electrons. The largest absolute Gasteiger partial charge is 0.440 e. The fourth-order valence-electron chi connectivity index (χ4n) is 6.40. The fourth-order valence-corrected chi connectivity index (χ4v) is 7.66. The average molecular weight is 598 g/mol. The normalized spacial score (nSPS) is 19.8. The van der Waals surface area contributed by atoms with Gasteiger partial charge in [0.25, 0.3) is 0 Å². The van der Waals surface area contributed by atoms with Crippen LogP contribution in [0.25, 0.3) is 42.3 Å². The van der Waals surface area contributed by atoms with E-state index in [9.17, 15) is 9.59 Å². The van der Waals surface area contributed by atoms with Crippen LogP contribution in [0.2, 0.25) is 0 Å². The molecule has 0 unspecified atom stereocenters. The van der Waals surface area contributed by atoms with Gasteiger partial charge in [-0.15, -0.1) is 11.3 Å². The lowest BCUT2D eigenvalue weighted by Gasteiger charge is -2.35. The lowest BCUT2D eigenvalue weighted by molar-refractivity contribution is -0.117. The summed E-state index contributed by atoms with van der Waals surface area (Å²) in [5.74, 6) is 0.552. The zero-order valence-corrected chi connectivity index (χ0v) is 25.2. The van der Waals surface area contributed by atoms with Crippen LogP contribution in [0, 0.1) is 0 Å². The summed E-state index contributed by atoms with van der Waals surface area (Å²) in [7, 11) is 0. The van der Waals surface area contributed by atoms with Crippen molar-refractivity contribution in [2.75, 3.05) is 56.2 Å². The molecule has 2 fully saturated rings. The third-order valence-corrected chi connectivity index (χ3v) is 9.51. The standard InChI is InChI=1S/C34H35N3O5S/c1-21-19-36(20-22(2)41-21)13-12-30(39)35-27-11-10-24(34-32(27)26-6-3-4-9-29(26)43-34)23-7-5-8-25-28(38)18-31(42-33(23)25)37-14-16-40-17-15-37/h3-11,18,21-22H,12-17,19-20H2,1-2H3,(H,35,39)/t21-,22+. The number of amides is 1. The summed E-state index contributed by atoms with van der Waals surface area (Å²) in [5.41, 5.74) is 3.12. The van der Waals surface area contributed by atoms with Crippen LogP contribution in [0.5, 0.6) is 0 Å². The Bertz CT molecular complexity index is 1870. The predicted octanol–water partition coefficient (Wildman–Crippen LogP) is 6.10. The molecule has 4 heterocycles. The number of fused-ring (bicyclic) bond motifs is 4. The van der Waals surface area contributed by atoms with Gasteiger partial charge in [0.2, 0.25) is 5.91 Å². The number of nitrogens with one attached hydrogen (secondary N) is 1. The Balaban J connectivity index is 1.27. The molecule has 2 saturated heterocycles. The van der Waals surface area contributed by atoms with Crippen molar-refractivity contribution in [1.82, 2.24) is 4.90 Å². The Kier molecular flexibility index (Phi) is 7.65. The first-order valence-corrected chi connectivity index (χ1v) is 15.8. The molecule has 7 rings (SSSR count). The van der Waals surface area contributed by atoms with E-state index < -0.39 is 0 Å². The highest BCUT2D eigenvalue weighted by atomic mass is 32.1. The molecule has 1 amide bonds. The molecule has 2 atom stereocenters. The predicted molar refractivity (Wildman–Crippen MR) is 174 cm³/mol. The molecule has 5 aromatic rings. The number of hydrogen-bond donors (Lipinski definition) is 1. The number of thiophene rings is 1. The summed E-state index contributed by atoms with van der Waals surface area (Å²) in [6.45, 7) is 9.06. The Labute approximate surface area is 253 Å². The second-order valence-electron chi connectivity index (χ2n) is 11.5. The molecule has 2 aliphatic rings. The van der Waals surface area contributed by atoms with Crippen LogP contribution in [0.4, 0.5) is 11.6 Å². The van der Waals surface area contributed by atoms with Crippen LogP contribution < -0.4 is 15.6 Å². The third-order valence-electron chi connectivity index (χ3n) is 8.31. The molecule has 3 aromatic carbocycles. The van der Waals surface area contributed by atoms with Gasteiger partial charge in [-0.1, -0.05) is 36.4 Å². The van der Waals surface area contributed by atoms with Crippen molar-refractivity contribution < 1.29 is 18.7 Å². The summed E-state index contributed by atoms with van der Waals surface area (Å²) < 4.78 is 20.0. The number of benzene rings is 3. The number of ether oxygens (including phenoxy) is 2. The van der Waals surface area contributed by atoms with E-state index in [1.165, 1.54) is 0 Å². The summed E-state index contributed by atoms with van der Waals surface area (Å²) in [4.78, 5) is 30.9. The highest BCUT2D eigenvalue weighted by Crippen LogP contribution is 2.45. The summed E-state index contributed by atoms with van der Waals surface area (Å²) in [6, 6.07) is 19.6. The van der Waals surface area contributed by atoms with Crippen LogP contribution in [0.1, 0.15) is 20.3 Å². The first-order valence-electron chi connectivity index (χ1n) is 15.0. The molecule has 0 spiro atoms. The number of carbonyl (C=O) groups excluding carboxylic acids is 1. The highest BCUT2D eigenvalue weighted by molar-refractivity contribution is 7.26. The van der Waals surface area contributed by atoms with Gasteiger partial charge >= 0.3 is 0 Å². The van der Waals surface area contributed by atoms with Crippen LogP contribution in [0.3, 0.4) is 0 Å². The van der Waals surface area contributed by atoms with E-state index in [0.29, 0.717) is 56.1 Å². The van der Waals surface area contributed by atoms with Gasteiger partial charge in [0.05, 0.1) is 36.5 Å². The molecule has 2 aromatic heterocycles. The molecule has 2 aliphatic heterocycles. The smallest absolute Gasteiger partial charge is 0.225 e. The Morgan fingerprint density at radius 1 is 0.953 bits per heavy atom. The lowest BCUT2D eigenvalue weighted by Crippen LogP contribution is -2.46. The van der Waals surface area contributed by atoms with E-state index in [2.05, 4.69) is 41.1 Å². The zero-order valence-electron chi connectivity index (χ0n) is 24.4. The number of anilines is 2. The van der Waals surface area contributed by atoms with Gasteiger partial charge in [-0.25, -0.2) is 0 Å². The van der Waals surface area contributed by atoms with Crippen molar-refractivity contribution in [2.45, 2.75) is 32.5 Å². The van der Waals surface area contributed by atoms with Gasteiger partial charge in [-0.2, -0.15) is 0 Å². The lowest BCUT2D eigenvalue weighted by atomic mass is 9.99. The minimum atomic E-state index is -0.0647. The van der Waals surface area contributed by atoms with Crippen molar-refractivity contribution in [3.8, 4) is 11.1 Å². The Hall–Kier alpha value is -3.76. The summed E-state index contributed by atoms with van der Waals surface area (Å²) in [6.07, 6.45) is 0.739. The van der Waals surface area contributed by atoms with Crippen LogP contribution in [-0.2, 0) is 14.3 Å². The van der Waals surface area contributed by atoms with Crippen molar-refractivity contribution in [3.63, 3.8) is 0 Å². The minimum Gasteiger partial charge on any atom is -0.440 e. The summed E-state index contributed by atoms with van der Waals surface area (Å²) in [5, 5.41) is 5.86. The number of rotatable bonds is 6. The summed E-state index contributed by atoms with van der Waals surface area (Å²) >= 11 is 1.69. The number of nitrogens with zero attached hydrogens (tertiary/aromatic N) is 2. The van der Waals surface area contributed by atoms with E-state index in [-0.39, 0.29) is 23.5 Å². The van der Waals surface area contributed by atoms with Gasteiger partial charge in [0.1, 0.15) is 5.58 Å². The number of morpholine rings is 2. The van der Waals surface area contributed by atoms with E-state index in [1.54, 1.807) is 17.4 Å². The van der Waals surface area contributed by atoms with Crippen LogP contribution in [-0.4, -0.2) is 69.0 Å². The van der Waals surface area contributed by atoms with Crippen molar-refractivity contribution in [1.29, 1.82) is 0 Å². The molecule has 0 aliphatic carbocycles. The first-order chi connectivity index (χ1) is 20.9. The molecule has 0 saturated carbocycles. The van der Waals surface area contributed by atoms with Crippen LogP contribution >= 0.6 is 11.3 Å². The second-order valence-corrected chi connectivity index (χ2v) is 12.6. The van der Waals surface area contributed by atoms with Gasteiger partial charge in [-0.3, -0.25) is 14.5 Å². The van der Waals surface area contributed by atoms with Crippen molar-refractivity contribution in [3.05, 3.63) is 70.9 Å². The topological polar surface area (TPSA) is 84.3 Å². The molecule has 9 heteroatoms. The fraction of sp³-hybridized carbons (Fsp3) is 0.353. The van der Waals surface area contributed by atoms with Gasteiger partial charge in [-0.05, 0) is 32.0 Å². The SMILES string of the molecule is C[C@@H]1CN(CCC(=O)Nc2ccc(-c3cccc4c(=O)cc(N5CCOCC5)oc34)c3sc4ccccc4c23)C[C@H](C)O1. The van der Waals surface area contributed by atoms with Crippen molar-refractivity contribution in [2.24, 2.45) is 0 Å².